The van der Waals surface area contributed by atoms with Gasteiger partial charge in [-0.3, -0.25) is 0 Å². The minimum absolute atomic E-state index is 0.278. The van der Waals surface area contributed by atoms with Crippen LogP contribution in [0.25, 0.3) is 0 Å². The van der Waals surface area contributed by atoms with Gasteiger partial charge in [0.2, 0.25) is 0 Å². The Kier molecular flexibility index (Phi) is 4.11. The summed E-state index contributed by atoms with van der Waals surface area (Å²) in [6.07, 6.45) is 2.15. The molecule has 1 aromatic carbocycles. The van der Waals surface area contributed by atoms with Crippen molar-refractivity contribution in [3.8, 4) is 0 Å². The zero-order chi connectivity index (χ0) is 12.5. The maximum Gasteiger partial charge on any atom is 0.0467 e. The standard InChI is InChI=1S/C14H21NS2/c1-5-15-13-12-8-11(16-4)7-6-10(12)9-17-14(13,2)3/h6-8,13,15H,5,9H2,1-4H3. The number of thioether (sulfide) groups is 2. The van der Waals surface area contributed by atoms with Gasteiger partial charge in [-0.1, -0.05) is 13.0 Å². The largest absolute Gasteiger partial charge is 0.309 e. The van der Waals surface area contributed by atoms with Crippen molar-refractivity contribution < 1.29 is 0 Å². The van der Waals surface area contributed by atoms with Crippen molar-refractivity contribution in [2.75, 3.05) is 12.8 Å². The molecule has 1 aliphatic rings. The van der Waals surface area contributed by atoms with Crippen LogP contribution in [0.5, 0.6) is 0 Å². The van der Waals surface area contributed by atoms with Crippen molar-refractivity contribution in [2.24, 2.45) is 0 Å². The van der Waals surface area contributed by atoms with Gasteiger partial charge in [-0.25, -0.2) is 0 Å². The van der Waals surface area contributed by atoms with Crippen LogP contribution in [0.4, 0.5) is 0 Å². The van der Waals surface area contributed by atoms with Gasteiger partial charge < -0.3 is 5.32 Å². The Morgan fingerprint density at radius 3 is 2.88 bits per heavy atom. The summed E-state index contributed by atoms with van der Waals surface area (Å²) in [5, 5.41) is 3.65. The molecule has 17 heavy (non-hydrogen) atoms. The first kappa shape index (κ1) is 13.3. The number of rotatable bonds is 3. The van der Waals surface area contributed by atoms with Gasteiger partial charge in [0.25, 0.3) is 0 Å². The Balaban J connectivity index is 2.42. The Morgan fingerprint density at radius 1 is 1.47 bits per heavy atom. The van der Waals surface area contributed by atoms with Gasteiger partial charge in [-0.15, -0.1) is 23.5 Å². The van der Waals surface area contributed by atoms with Gasteiger partial charge in [-0.05, 0) is 49.9 Å². The van der Waals surface area contributed by atoms with Gasteiger partial charge in [0.1, 0.15) is 0 Å². The Labute approximate surface area is 113 Å². The summed E-state index contributed by atoms with van der Waals surface area (Å²) in [5.74, 6) is 1.14. The van der Waals surface area contributed by atoms with E-state index in [-0.39, 0.29) is 4.75 Å². The van der Waals surface area contributed by atoms with E-state index >= 15 is 0 Å². The fourth-order valence-electron chi connectivity index (χ4n) is 2.38. The van der Waals surface area contributed by atoms with Gasteiger partial charge in [0.05, 0.1) is 0 Å². The number of hydrogen-bond acceptors (Lipinski definition) is 3. The number of fused-ring (bicyclic) bond motifs is 1. The van der Waals surface area contributed by atoms with Crippen LogP contribution in [0, 0.1) is 0 Å². The highest BCUT2D eigenvalue weighted by Crippen LogP contribution is 2.46. The van der Waals surface area contributed by atoms with E-state index in [0.717, 1.165) is 12.3 Å². The van der Waals surface area contributed by atoms with Gasteiger partial charge >= 0.3 is 0 Å². The predicted octanol–water partition coefficient (Wildman–Crippen LogP) is 4.08. The second-order valence-electron chi connectivity index (χ2n) is 4.95. The summed E-state index contributed by atoms with van der Waals surface area (Å²) in [7, 11) is 0. The average molecular weight is 267 g/mol. The molecule has 0 aromatic heterocycles. The lowest BCUT2D eigenvalue weighted by atomic mass is 9.91. The van der Waals surface area contributed by atoms with E-state index in [0.29, 0.717) is 6.04 Å². The first-order valence-electron chi connectivity index (χ1n) is 6.12. The molecule has 0 amide bonds. The van der Waals surface area contributed by atoms with Crippen LogP contribution in [0.15, 0.2) is 23.1 Å². The molecule has 1 nitrogen and oxygen atoms in total. The molecule has 0 saturated carbocycles. The van der Waals surface area contributed by atoms with Crippen molar-refractivity contribution in [2.45, 2.75) is 42.2 Å². The minimum atomic E-state index is 0.278. The topological polar surface area (TPSA) is 12.0 Å². The van der Waals surface area contributed by atoms with E-state index in [9.17, 15) is 0 Å². The van der Waals surface area contributed by atoms with Crippen molar-refractivity contribution in [3.05, 3.63) is 29.3 Å². The normalized spacial score (nSPS) is 22.2. The third kappa shape index (κ3) is 2.67. The van der Waals surface area contributed by atoms with E-state index in [4.69, 9.17) is 0 Å². The molecule has 0 saturated heterocycles. The maximum atomic E-state index is 3.65. The van der Waals surface area contributed by atoms with E-state index in [1.165, 1.54) is 16.0 Å². The van der Waals surface area contributed by atoms with E-state index in [1.807, 2.05) is 11.8 Å². The SMILES string of the molecule is CCNC1c2cc(SC)ccc2CSC1(C)C. The van der Waals surface area contributed by atoms with Crippen LogP contribution in [0.1, 0.15) is 37.9 Å². The summed E-state index contributed by atoms with van der Waals surface area (Å²) in [4.78, 5) is 1.37. The molecule has 0 spiro atoms. The number of benzene rings is 1. The van der Waals surface area contributed by atoms with Gasteiger partial charge in [0.15, 0.2) is 0 Å². The number of hydrogen-bond donors (Lipinski definition) is 1. The fraction of sp³-hybridized carbons (Fsp3) is 0.571. The second kappa shape index (κ2) is 5.25. The van der Waals surface area contributed by atoms with Crippen LogP contribution >= 0.6 is 23.5 Å². The quantitative estimate of drug-likeness (QED) is 0.829. The molecular formula is C14H21NS2. The smallest absolute Gasteiger partial charge is 0.0467 e. The Morgan fingerprint density at radius 2 is 2.24 bits per heavy atom. The lowest BCUT2D eigenvalue weighted by Gasteiger charge is -2.40. The molecule has 0 fully saturated rings. The summed E-state index contributed by atoms with van der Waals surface area (Å²) in [5.41, 5.74) is 3.00. The molecule has 3 heteroatoms. The minimum Gasteiger partial charge on any atom is -0.309 e. The predicted molar refractivity (Wildman–Crippen MR) is 80.0 cm³/mol. The molecule has 94 valence electrons. The molecule has 2 rings (SSSR count). The highest BCUT2D eigenvalue weighted by Gasteiger charge is 2.35. The molecule has 0 aliphatic carbocycles. The maximum absolute atomic E-state index is 3.65. The van der Waals surface area contributed by atoms with Crippen LogP contribution in [0.3, 0.4) is 0 Å². The lowest BCUT2D eigenvalue weighted by Crippen LogP contribution is -2.39. The van der Waals surface area contributed by atoms with Crippen LogP contribution in [0.2, 0.25) is 0 Å². The third-order valence-electron chi connectivity index (χ3n) is 3.37. The third-order valence-corrected chi connectivity index (χ3v) is 5.53. The first-order chi connectivity index (χ1) is 8.08. The first-order valence-corrected chi connectivity index (χ1v) is 8.33. The van der Waals surface area contributed by atoms with Crippen molar-refractivity contribution in [1.29, 1.82) is 0 Å². The highest BCUT2D eigenvalue weighted by atomic mass is 32.2. The van der Waals surface area contributed by atoms with E-state index < -0.39 is 0 Å². The van der Waals surface area contributed by atoms with Crippen molar-refractivity contribution in [1.82, 2.24) is 5.32 Å². The summed E-state index contributed by atoms with van der Waals surface area (Å²) in [6.45, 7) is 7.91. The molecule has 0 radical (unpaired) electrons. The van der Waals surface area contributed by atoms with Crippen molar-refractivity contribution in [3.63, 3.8) is 0 Å². The Hall–Kier alpha value is -0.120. The summed E-state index contributed by atoms with van der Waals surface area (Å²) < 4.78 is 0.278. The molecule has 1 atom stereocenters. The molecule has 0 bridgehead atoms. The van der Waals surface area contributed by atoms with Gasteiger partial charge in [-0.2, -0.15) is 0 Å². The Bertz CT molecular complexity index is 401. The zero-order valence-electron chi connectivity index (χ0n) is 11.0. The van der Waals surface area contributed by atoms with Crippen molar-refractivity contribution >= 4 is 23.5 Å². The molecule has 1 aromatic rings. The highest BCUT2D eigenvalue weighted by molar-refractivity contribution is 8.00. The fourth-order valence-corrected chi connectivity index (χ4v) is 4.00. The zero-order valence-corrected chi connectivity index (χ0v) is 12.7. The molecule has 1 N–H and O–H groups in total. The summed E-state index contributed by atoms with van der Waals surface area (Å²) >= 11 is 3.88. The molecule has 1 unspecified atom stereocenters. The molecule has 1 aliphatic heterocycles. The monoisotopic (exact) mass is 267 g/mol. The van der Waals surface area contributed by atoms with Crippen LogP contribution in [-0.2, 0) is 5.75 Å². The molecular weight excluding hydrogens is 246 g/mol. The summed E-state index contributed by atoms with van der Waals surface area (Å²) in [6, 6.07) is 7.38. The number of nitrogens with one attached hydrogen (secondary N) is 1. The van der Waals surface area contributed by atoms with Gasteiger partial charge in [0, 0.05) is 21.4 Å². The van der Waals surface area contributed by atoms with E-state index in [1.54, 1.807) is 0 Å². The van der Waals surface area contributed by atoms with Crippen LogP contribution < -0.4 is 5.32 Å². The van der Waals surface area contributed by atoms with E-state index in [2.05, 4.69) is 62.3 Å². The molecule has 1 heterocycles. The lowest BCUT2D eigenvalue weighted by molar-refractivity contribution is 0.449. The average Bonchev–Trinajstić information content (AvgIpc) is 2.32. The second-order valence-corrected chi connectivity index (χ2v) is 7.46. The van der Waals surface area contributed by atoms with Crippen LogP contribution in [-0.4, -0.2) is 17.5 Å².